The van der Waals surface area contributed by atoms with Crippen molar-refractivity contribution in [2.75, 3.05) is 0 Å². The first kappa shape index (κ1) is 22.8. The lowest BCUT2D eigenvalue weighted by Crippen LogP contribution is -2.22. The van der Waals surface area contributed by atoms with Crippen molar-refractivity contribution in [2.45, 2.75) is 52.4 Å². The lowest BCUT2D eigenvalue weighted by atomic mass is 9.71. The van der Waals surface area contributed by atoms with Gasteiger partial charge in [-0.1, -0.05) is 120 Å². The molecule has 0 aliphatic rings. The first-order valence-electron chi connectivity index (χ1n) is 13.0. The van der Waals surface area contributed by atoms with Crippen LogP contribution in [0.4, 0.5) is 0 Å². The molecule has 0 bridgehead atoms. The van der Waals surface area contributed by atoms with Gasteiger partial charge in [-0.2, -0.15) is 0 Å². The standard InChI is InChI=1S/C36H34/c1-35(2,3)31-22-29-27(23-14-9-7-10-15-23)20-25-18-13-19-26-28(24-16-11-8-12-17-24)21-30(33(29)32(25)26)34(31)36(4,5)6/h7-22H,1-6H3. The van der Waals surface area contributed by atoms with Crippen LogP contribution in [0, 0.1) is 0 Å². The highest BCUT2D eigenvalue weighted by atomic mass is 14.3. The monoisotopic (exact) mass is 466 g/mol. The normalized spacial score (nSPS) is 12.7. The number of rotatable bonds is 2. The molecule has 0 spiro atoms. The zero-order chi connectivity index (χ0) is 25.2. The fourth-order valence-electron chi connectivity index (χ4n) is 6.09. The average molecular weight is 467 g/mol. The van der Waals surface area contributed by atoms with Crippen LogP contribution < -0.4 is 0 Å². The van der Waals surface area contributed by atoms with E-state index in [1.54, 1.807) is 0 Å². The van der Waals surface area contributed by atoms with Crippen molar-refractivity contribution in [2.24, 2.45) is 0 Å². The van der Waals surface area contributed by atoms with Crippen molar-refractivity contribution in [3.8, 4) is 22.3 Å². The van der Waals surface area contributed by atoms with Gasteiger partial charge >= 0.3 is 0 Å². The molecule has 0 aliphatic heterocycles. The van der Waals surface area contributed by atoms with E-state index >= 15 is 0 Å². The molecule has 0 N–H and O–H groups in total. The van der Waals surface area contributed by atoms with Gasteiger partial charge in [0.15, 0.2) is 0 Å². The Labute approximate surface area is 214 Å². The van der Waals surface area contributed by atoms with Crippen LogP contribution in [0.1, 0.15) is 52.7 Å². The minimum atomic E-state index is 0.00575. The molecule has 6 rings (SSSR count). The molecule has 0 nitrogen and oxygen atoms in total. The van der Waals surface area contributed by atoms with Gasteiger partial charge in [-0.3, -0.25) is 0 Å². The fraction of sp³-hybridized carbons (Fsp3) is 0.222. The van der Waals surface area contributed by atoms with E-state index in [0.717, 1.165) is 0 Å². The second-order valence-corrected chi connectivity index (χ2v) is 12.3. The van der Waals surface area contributed by atoms with Crippen molar-refractivity contribution in [1.29, 1.82) is 0 Å². The number of hydrogen-bond donors (Lipinski definition) is 0. The maximum absolute atomic E-state index is 2.51. The van der Waals surface area contributed by atoms with E-state index in [9.17, 15) is 0 Å². The van der Waals surface area contributed by atoms with Crippen molar-refractivity contribution >= 4 is 32.3 Å². The second kappa shape index (κ2) is 7.93. The van der Waals surface area contributed by atoms with Crippen LogP contribution in [-0.2, 0) is 10.8 Å². The zero-order valence-electron chi connectivity index (χ0n) is 22.2. The quantitative estimate of drug-likeness (QED) is 0.223. The summed E-state index contributed by atoms with van der Waals surface area (Å²) in [6, 6.07) is 36.0. The molecular weight excluding hydrogens is 432 g/mol. The van der Waals surface area contributed by atoms with Crippen LogP contribution in [0.5, 0.6) is 0 Å². The van der Waals surface area contributed by atoms with E-state index < -0.39 is 0 Å². The lowest BCUT2D eigenvalue weighted by Gasteiger charge is -2.33. The van der Waals surface area contributed by atoms with Gasteiger partial charge in [0.2, 0.25) is 0 Å². The van der Waals surface area contributed by atoms with E-state index in [1.165, 1.54) is 65.7 Å². The summed E-state index contributed by atoms with van der Waals surface area (Å²) in [6.07, 6.45) is 0. The van der Waals surface area contributed by atoms with Crippen LogP contribution in [-0.4, -0.2) is 0 Å². The van der Waals surface area contributed by atoms with Gasteiger partial charge < -0.3 is 0 Å². The van der Waals surface area contributed by atoms with Crippen molar-refractivity contribution in [3.05, 3.63) is 108 Å². The fourth-order valence-corrected chi connectivity index (χ4v) is 6.09. The van der Waals surface area contributed by atoms with Gasteiger partial charge in [-0.15, -0.1) is 0 Å². The van der Waals surface area contributed by atoms with Gasteiger partial charge in [0.25, 0.3) is 0 Å². The molecule has 0 saturated carbocycles. The Kier molecular flexibility index (Phi) is 5.02. The molecule has 0 heteroatoms. The molecule has 36 heavy (non-hydrogen) atoms. The summed E-state index contributed by atoms with van der Waals surface area (Å²) in [4.78, 5) is 0. The number of benzene rings is 6. The maximum atomic E-state index is 2.51. The molecule has 6 aromatic carbocycles. The maximum Gasteiger partial charge on any atom is -0.00169 e. The van der Waals surface area contributed by atoms with Gasteiger partial charge in [0, 0.05) is 0 Å². The molecule has 0 saturated heterocycles. The molecule has 0 unspecified atom stereocenters. The van der Waals surface area contributed by atoms with Crippen LogP contribution in [0.3, 0.4) is 0 Å². The molecule has 0 amide bonds. The van der Waals surface area contributed by atoms with E-state index in [1.807, 2.05) is 0 Å². The van der Waals surface area contributed by atoms with Crippen LogP contribution >= 0.6 is 0 Å². The van der Waals surface area contributed by atoms with Crippen molar-refractivity contribution < 1.29 is 0 Å². The smallest absolute Gasteiger partial charge is 0.00169 e. The molecule has 178 valence electrons. The van der Waals surface area contributed by atoms with Crippen molar-refractivity contribution in [1.82, 2.24) is 0 Å². The van der Waals surface area contributed by atoms with E-state index in [2.05, 4.69) is 139 Å². The highest BCUT2D eigenvalue weighted by molar-refractivity contribution is 6.29. The third kappa shape index (κ3) is 3.51. The van der Waals surface area contributed by atoms with Gasteiger partial charge in [0.1, 0.15) is 0 Å². The van der Waals surface area contributed by atoms with E-state index in [4.69, 9.17) is 0 Å². The predicted molar refractivity (Wildman–Crippen MR) is 158 cm³/mol. The third-order valence-corrected chi connectivity index (χ3v) is 7.61. The average Bonchev–Trinajstić information content (AvgIpc) is 2.86. The Hall–Kier alpha value is -3.64. The molecular formula is C36H34. The molecule has 6 aromatic rings. The Morgan fingerprint density at radius 1 is 0.444 bits per heavy atom. The summed E-state index contributed by atoms with van der Waals surface area (Å²) in [5, 5.41) is 8.18. The van der Waals surface area contributed by atoms with Gasteiger partial charge in [-0.25, -0.2) is 0 Å². The topological polar surface area (TPSA) is 0 Å². The van der Waals surface area contributed by atoms with Crippen LogP contribution in [0.2, 0.25) is 0 Å². The minimum absolute atomic E-state index is 0.00575. The highest BCUT2D eigenvalue weighted by Gasteiger charge is 2.30. The van der Waals surface area contributed by atoms with E-state index in [-0.39, 0.29) is 10.8 Å². The van der Waals surface area contributed by atoms with E-state index in [0.29, 0.717) is 0 Å². The summed E-state index contributed by atoms with van der Waals surface area (Å²) in [7, 11) is 0. The third-order valence-electron chi connectivity index (χ3n) is 7.61. The van der Waals surface area contributed by atoms with Crippen molar-refractivity contribution in [3.63, 3.8) is 0 Å². The first-order chi connectivity index (χ1) is 17.1. The van der Waals surface area contributed by atoms with Crippen LogP contribution in [0.25, 0.3) is 54.6 Å². The van der Waals surface area contributed by atoms with Gasteiger partial charge in [0.05, 0.1) is 0 Å². The summed E-state index contributed by atoms with van der Waals surface area (Å²) < 4.78 is 0. The molecule has 0 aromatic heterocycles. The predicted octanol–water partition coefficient (Wildman–Crippen LogP) is 10.5. The second-order valence-electron chi connectivity index (χ2n) is 12.3. The molecule has 0 heterocycles. The lowest BCUT2D eigenvalue weighted by molar-refractivity contribution is 0.535. The summed E-state index contributed by atoms with van der Waals surface area (Å²) in [6.45, 7) is 14.2. The summed E-state index contributed by atoms with van der Waals surface area (Å²) in [5.74, 6) is 0. The molecule has 0 atom stereocenters. The Balaban J connectivity index is 1.92. The zero-order valence-corrected chi connectivity index (χ0v) is 22.2. The first-order valence-corrected chi connectivity index (χ1v) is 13.0. The van der Waals surface area contributed by atoms with Crippen LogP contribution in [0.15, 0.2) is 97.1 Å². The SMILES string of the molecule is CC(C)(C)c1cc2c(-c3ccccc3)cc3cccc4c(-c5ccccc5)cc(c1C(C)(C)C)c2c34. The summed E-state index contributed by atoms with van der Waals surface area (Å²) >= 11 is 0. The largest absolute Gasteiger partial charge is 0.0622 e. The number of hydrogen-bond acceptors (Lipinski definition) is 0. The summed E-state index contributed by atoms with van der Waals surface area (Å²) in [5.41, 5.74) is 8.13. The van der Waals surface area contributed by atoms with Gasteiger partial charge in [-0.05, 0) is 94.7 Å². The highest BCUT2D eigenvalue weighted by Crippen LogP contribution is 2.49. The Morgan fingerprint density at radius 3 is 1.58 bits per heavy atom. The Bertz CT molecular complexity index is 1670. The molecule has 0 aliphatic carbocycles. The minimum Gasteiger partial charge on any atom is -0.0622 e. The Morgan fingerprint density at radius 2 is 1.03 bits per heavy atom. The molecule has 0 fully saturated rings. The molecule has 0 radical (unpaired) electrons.